The fourth-order valence-corrected chi connectivity index (χ4v) is 1.59. The van der Waals surface area contributed by atoms with E-state index in [1.165, 1.54) is 0 Å². The van der Waals surface area contributed by atoms with Crippen molar-refractivity contribution in [1.82, 2.24) is 5.32 Å². The largest absolute Gasteiger partial charge is 0.454 e. The van der Waals surface area contributed by atoms with Crippen LogP contribution in [0.5, 0.6) is 0 Å². The zero-order valence-corrected chi connectivity index (χ0v) is 10.3. The molecule has 0 aliphatic carbocycles. The Labute approximate surface area is 113 Å². The van der Waals surface area contributed by atoms with E-state index < -0.39 is 29.9 Å². The van der Waals surface area contributed by atoms with E-state index in [9.17, 15) is 19.2 Å². The molecule has 1 N–H and O–H groups in total. The smallest absolute Gasteiger partial charge is 0.397 e. The monoisotopic (exact) mass is 277 g/mol. The molecule has 1 amide bonds. The van der Waals surface area contributed by atoms with E-state index in [1.807, 2.05) is 0 Å². The van der Waals surface area contributed by atoms with Gasteiger partial charge in [-0.2, -0.15) is 0 Å². The molecule has 0 spiro atoms. The van der Waals surface area contributed by atoms with Crippen molar-refractivity contribution in [1.29, 1.82) is 0 Å². The number of amides is 1. The van der Waals surface area contributed by atoms with Crippen LogP contribution in [-0.4, -0.2) is 29.9 Å². The second kappa shape index (κ2) is 5.96. The van der Waals surface area contributed by atoms with Crippen molar-refractivity contribution in [3.05, 3.63) is 35.9 Å². The van der Waals surface area contributed by atoms with Gasteiger partial charge in [-0.25, -0.2) is 9.59 Å². The van der Waals surface area contributed by atoms with E-state index in [0.717, 1.165) is 5.56 Å². The summed E-state index contributed by atoms with van der Waals surface area (Å²) in [6.07, 6.45) is -0.281. The first kappa shape index (κ1) is 13.7. The van der Waals surface area contributed by atoms with Gasteiger partial charge in [-0.15, -0.1) is 0 Å². The van der Waals surface area contributed by atoms with E-state index in [4.69, 9.17) is 4.74 Å². The number of ether oxygens (including phenoxy) is 2. The van der Waals surface area contributed by atoms with Crippen LogP contribution in [0.15, 0.2) is 30.3 Å². The van der Waals surface area contributed by atoms with Crippen LogP contribution < -0.4 is 5.32 Å². The van der Waals surface area contributed by atoms with Gasteiger partial charge in [0, 0.05) is 0 Å². The highest BCUT2D eigenvalue weighted by Gasteiger charge is 2.36. The number of hydrogen-bond donors (Lipinski definition) is 1. The molecule has 1 unspecified atom stereocenters. The highest BCUT2D eigenvalue weighted by atomic mass is 16.6. The van der Waals surface area contributed by atoms with Crippen LogP contribution in [0, 0.1) is 0 Å². The fourth-order valence-electron chi connectivity index (χ4n) is 1.59. The van der Waals surface area contributed by atoms with Crippen LogP contribution in [0.4, 0.5) is 0 Å². The van der Waals surface area contributed by atoms with E-state index in [0.29, 0.717) is 0 Å². The quantitative estimate of drug-likeness (QED) is 0.462. The van der Waals surface area contributed by atoms with Gasteiger partial charge in [0.05, 0.1) is 6.42 Å². The molecular weight excluding hydrogens is 266 g/mol. The SMILES string of the molecule is O=C1CC(NC(=O)C(=O)OCc2ccccc2)C(=O)O1. The van der Waals surface area contributed by atoms with E-state index >= 15 is 0 Å². The van der Waals surface area contributed by atoms with Gasteiger partial charge in [0.25, 0.3) is 0 Å². The van der Waals surface area contributed by atoms with Gasteiger partial charge in [-0.05, 0) is 5.56 Å². The Hall–Kier alpha value is -2.70. The summed E-state index contributed by atoms with van der Waals surface area (Å²) >= 11 is 0. The van der Waals surface area contributed by atoms with Crippen LogP contribution in [0.3, 0.4) is 0 Å². The minimum atomic E-state index is -1.13. The van der Waals surface area contributed by atoms with E-state index in [2.05, 4.69) is 10.1 Å². The summed E-state index contributed by atoms with van der Waals surface area (Å²) < 4.78 is 9.01. The van der Waals surface area contributed by atoms with Crippen LogP contribution >= 0.6 is 0 Å². The average molecular weight is 277 g/mol. The maximum atomic E-state index is 11.5. The molecule has 1 fully saturated rings. The number of hydrogen-bond acceptors (Lipinski definition) is 6. The number of carbonyl (C=O) groups is 4. The lowest BCUT2D eigenvalue weighted by Gasteiger charge is -2.08. The molecule has 1 aromatic rings. The molecule has 0 radical (unpaired) electrons. The first-order valence-corrected chi connectivity index (χ1v) is 5.82. The molecule has 20 heavy (non-hydrogen) atoms. The minimum Gasteiger partial charge on any atom is -0.454 e. The molecule has 0 bridgehead atoms. The predicted molar refractivity (Wildman–Crippen MR) is 63.9 cm³/mol. The lowest BCUT2D eigenvalue weighted by Crippen LogP contribution is -2.42. The number of benzene rings is 1. The van der Waals surface area contributed by atoms with Crippen molar-refractivity contribution in [3.8, 4) is 0 Å². The Kier molecular flexibility index (Phi) is 4.09. The molecule has 1 aromatic carbocycles. The topological polar surface area (TPSA) is 98.8 Å². The molecule has 1 aliphatic heterocycles. The fraction of sp³-hybridized carbons (Fsp3) is 0.231. The van der Waals surface area contributed by atoms with E-state index in [1.54, 1.807) is 30.3 Å². The lowest BCUT2D eigenvalue weighted by atomic mass is 10.2. The molecule has 1 heterocycles. The number of carbonyl (C=O) groups excluding carboxylic acids is 4. The minimum absolute atomic E-state index is 0.0544. The van der Waals surface area contributed by atoms with Crippen molar-refractivity contribution in [3.63, 3.8) is 0 Å². The maximum absolute atomic E-state index is 11.5. The standard InChI is InChI=1S/C13H11NO6/c15-10-6-9(12(17)20-10)14-11(16)13(18)19-7-8-4-2-1-3-5-8/h1-5,9H,6-7H2,(H,14,16). The van der Waals surface area contributed by atoms with Crippen LogP contribution in [-0.2, 0) is 35.3 Å². The Morgan fingerprint density at radius 1 is 1.25 bits per heavy atom. The summed E-state index contributed by atoms with van der Waals surface area (Å²) in [7, 11) is 0. The van der Waals surface area contributed by atoms with Gasteiger partial charge in [-0.3, -0.25) is 9.59 Å². The second-order valence-electron chi connectivity index (χ2n) is 4.09. The molecule has 1 aliphatic rings. The number of nitrogens with one attached hydrogen (secondary N) is 1. The Morgan fingerprint density at radius 3 is 2.55 bits per heavy atom. The Balaban J connectivity index is 1.82. The number of esters is 3. The summed E-state index contributed by atoms with van der Waals surface area (Å²) in [6.45, 7) is -0.0544. The van der Waals surface area contributed by atoms with Crippen molar-refractivity contribution in [2.45, 2.75) is 19.1 Å². The summed E-state index contributed by atoms with van der Waals surface area (Å²) in [5.41, 5.74) is 0.726. The molecule has 7 nitrogen and oxygen atoms in total. The van der Waals surface area contributed by atoms with Crippen LogP contribution in [0.1, 0.15) is 12.0 Å². The molecule has 0 aromatic heterocycles. The first-order chi connectivity index (χ1) is 9.56. The number of rotatable bonds is 3. The third-order valence-electron chi connectivity index (χ3n) is 2.57. The van der Waals surface area contributed by atoms with Gasteiger partial charge in [-0.1, -0.05) is 30.3 Å². The normalized spacial score (nSPS) is 17.5. The van der Waals surface area contributed by atoms with Gasteiger partial charge >= 0.3 is 23.8 Å². The summed E-state index contributed by atoms with van der Waals surface area (Å²) in [4.78, 5) is 44.8. The average Bonchev–Trinajstić information content (AvgIpc) is 2.75. The van der Waals surface area contributed by atoms with Crippen LogP contribution in [0.2, 0.25) is 0 Å². The predicted octanol–water partition coefficient (Wildman–Crippen LogP) is -0.312. The summed E-state index contributed by atoms with van der Waals surface area (Å²) in [5.74, 6) is -3.82. The molecule has 2 rings (SSSR count). The Morgan fingerprint density at radius 2 is 1.95 bits per heavy atom. The van der Waals surface area contributed by atoms with Crippen LogP contribution in [0.25, 0.3) is 0 Å². The van der Waals surface area contributed by atoms with Gasteiger partial charge in [0.2, 0.25) is 0 Å². The Bertz CT molecular complexity index is 553. The molecule has 7 heteroatoms. The zero-order valence-electron chi connectivity index (χ0n) is 10.3. The number of cyclic esters (lactones) is 2. The molecule has 1 atom stereocenters. The second-order valence-corrected chi connectivity index (χ2v) is 4.09. The van der Waals surface area contributed by atoms with Crippen molar-refractivity contribution >= 4 is 23.8 Å². The van der Waals surface area contributed by atoms with Crippen molar-refractivity contribution < 1.29 is 28.7 Å². The first-order valence-electron chi connectivity index (χ1n) is 5.82. The molecule has 1 saturated heterocycles. The third kappa shape index (κ3) is 3.41. The zero-order chi connectivity index (χ0) is 14.5. The van der Waals surface area contributed by atoms with Gasteiger partial charge < -0.3 is 14.8 Å². The summed E-state index contributed by atoms with van der Waals surface area (Å²) in [6, 6.07) is 7.68. The van der Waals surface area contributed by atoms with E-state index in [-0.39, 0.29) is 13.0 Å². The van der Waals surface area contributed by atoms with Crippen molar-refractivity contribution in [2.75, 3.05) is 0 Å². The van der Waals surface area contributed by atoms with Gasteiger partial charge in [0.1, 0.15) is 12.6 Å². The highest BCUT2D eigenvalue weighted by Crippen LogP contribution is 2.07. The van der Waals surface area contributed by atoms with Gasteiger partial charge in [0.15, 0.2) is 0 Å². The summed E-state index contributed by atoms with van der Waals surface area (Å²) in [5, 5.41) is 2.09. The molecule has 104 valence electrons. The maximum Gasteiger partial charge on any atom is 0.397 e. The third-order valence-corrected chi connectivity index (χ3v) is 2.57. The lowest BCUT2D eigenvalue weighted by molar-refractivity contribution is -0.157. The molecular formula is C13H11NO6. The van der Waals surface area contributed by atoms with Crippen molar-refractivity contribution in [2.24, 2.45) is 0 Å². The highest BCUT2D eigenvalue weighted by molar-refractivity contribution is 6.33. The molecule has 0 saturated carbocycles.